The molecule has 1 aromatic carbocycles. The van der Waals surface area contributed by atoms with E-state index in [1.54, 1.807) is 36.0 Å². The number of thiazole rings is 1. The molecule has 3 aliphatic rings. The lowest BCUT2D eigenvalue weighted by Gasteiger charge is -2.45. The average Bonchev–Trinajstić information content (AvgIpc) is 3.57. The number of halogens is 1. The van der Waals surface area contributed by atoms with E-state index in [4.69, 9.17) is 5.73 Å². The van der Waals surface area contributed by atoms with Gasteiger partial charge in [0.05, 0.1) is 28.7 Å². The fourth-order valence-electron chi connectivity index (χ4n) is 5.99. The number of benzene rings is 1. The van der Waals surface area contributed by atoms with Crippen LogP contribution in [0.25, 0.3) is 0 Å². The number of carbonyl (C=O) groups is 1. The molecule has 218 valence electrons. The number of fused-ring (bicyclic) bond motifs is 1. The second-order valence-electron chi connectivity index (χ2n) is 10.8. The number of carbonyl (C=O) groups excluding carboxylic acids is 1. The summed E-state index contributed by atoms with van der Waals surface area (Å²) < 4.78 is 43.0. The first kappa shape index (κ1) is 28.4. The van der Waals surface area contributed by atoms with Crippen molar-refractivity contribution in [2.45, 2.75) is 37.0 Å². The fourth-order valence-corrected chi connectivity index (χ4v) is 8.15. The topological polar surface area (TPSA) is 122 Å². The Morgan fingerprint density at radius 3 is 2.62 bits per heavy atom. The van der Waals surface area contributed by atoms with Crippen LogP contribution in [0.15, 0.2) is 87.6 Å². The number of ketones is 1. The summed E-state index contributed by atoms with van der Waals surface area (Å²) in [6, 6.07) is 7.48. The first-order valence-corrected chi connectivity index (χ1v) is 16.2. The second kappa shape index (κ2) is 11.5. The second-order valence-corrected chi connectivity index (χ2v) is 13.6. The van der Waals surface area contributed by atoms with Crippen LogP contribution in [0, 0.1) is 11.2 Å². The molecule has 4 heterocycles. The molecular formula is C30H31FN6O3S2. The monoisotopic (exact) mass is 606 g/mol. The van der Waals surface area contributed by atoms with Crippen LogP contribution < -0.4 is 10.6 Å². The molecule has 2 N–H and O–H groups in total. The summed E-state index contributed by atoms with van der Waals surface area (Å²) in [5.41, 5.74) is 8.14. The minimum Gasteiger partial charge on any atom is -0.404 e. The van der Waals surface area contributed by atoms with Crippen LogP contribution in [-0.4, -0.2) is 60.4 Å². The van der Waals surface area contributed by atoms with E-state index in [9.17, 15) is 17.6 Å². The van der Waals surface area contributed by atoms with Gasteiger partial charge in [-0.25, -0.2) is 22.8 Å². The highest BCUT2D eigenvalue weighted by atomic mass is 32.2. The third-order valence-electron chi connectivity index (χ3n) is 8.22. The van der Waals surface area contributed by atoms with Gasteiger partial charge in [-0.2, -0.15) is 4.31 Å². The third kappa shape index (κ3) is 5.30. The highest BCUT2D eigenvalue weighted by Crippen LogP contribution is 2.48. The van der Waals surface area contributed by atoms with Gasteiger partial charge in [0.1, 0.15) is 10.7 Å². The SMILES string of the molecule is N/C=C1/C[C@]2(C(=O)c3nccs3)CN(S(=O)(=O)c3cncc(N4CCCCC4)c3)CCC2=CC1=Nc1ccc(F)cc1. The minimum atomic E-state index is -3.97. The molecule has 0 radical (unpaired) electrons. The van der Waals surface area contributed by atoms with Gasteiger partial charge in [0.2, 0.25) is 15.8 Å². The molecule has 2 saturated heterocycles. The Morgan fingerprint density at radius 1 is 1.12 bits per heavy atom. The summed E-state index contributed by atoms with van der Waals surface area (Å²) in [7, 11) is -3.97. The number of nitrogens with zero attached hydrogens (tertiary/aromatic N) is 5. The van der Waals surface area contributed by atoms with Crippen molar-refractivity contribution in [1.82, 2.24) is 14.3 Å². The molecule has 12 heteroatoms. The van der Waals surface area contributed by atoms with Crippen molar-refractivity contribution in [3.63, 3.8) is 0 Å². The lowest BCUT2D eigenvalue weighted by molar-refractivity contribution is 0.0776. The number of sulfonamides is 1. The molecule has 2 fully saturated rings. The van der Waals surface area contributed by atoms with Crippen LogP contribution in [-0.2, 0) is 10.0 Å². The summed E-state index contributed by atoms with van der Waals surface area (Å²) in [6.07, 6.45) is 11.7. The van der Waals surface area contributed by atoms with E-state index in [0.717, 1.165) is 43.6 Å². The van der Waals surface area contributed by atoms with E-state index < -0.39 is 15.4 Å². The highest BCUT2D eigenvalue weighted by Gasteiger charge is 2.52. The fraction of sp³-hybridized carbons (Fsp3) is 0.333. The number of rotatable bonds is 6. The summed E-state index contributed by atoms with van der Waals surface area (Å²) in [5, 5.41) is 2.04. The van der Waals surface area contributed by atoms with E-state index in [1.807, 2.05) is 6.08 Å². The number of aromatic nitrogens is 2. The Balaban J connectivity index is 1.39. The summed E-state index contributed by atoms with van der Waals surface area (Å²) in [6.45, 7) is 1.87. The van der Waals surface area contributed by atoms with E-state index >= 15 is 0 Å². The van der Waals surface area contributed by atoms with Crippen molar-refractivity contribution in [1.29, 1.82) is 0 Å². The van der Waals surface area contributed by atoms with Crippen LogP contribution in [0.3, 0.4) is 0 Å². The van der Waals surface area contributed by atoms with Crippen molar-refractivity contribution in [3.8, 4) is 0 Å². The van der Waals surface area contributed by atoms with Gasteiger partial charge in [0.15, 0.2) is 5.01 Å². The van der Waals surface area contributed by atoms with E-state index in [-0.39, 0.29) is 36.0 Å². The summed E-state index contributed by atoms with van der Waals surface area (Å²) in [5.74, 6) is -0.613. The number of hydrogen-bond donors (Lipinski definition) is 1. The van der Waals surface area contributed by atoms with Crippen molar-refractivity contribution in [2.75, 3.05) is 31.1 Å². The van der Waals surface area contributed by atoms with Crippen LogP contribution in [0.5, 0.6) is 0 Å². The molecule has 1 aliphatic carbocycles. The van der Waals surface area contributed by atoms with Crippen molar-refractivity contribution < 1.29 is 17.6 Å². The van der Waals surface area contributed by atoms with E-state index in [0.29, 0.717) is 28.4 Å². The van der Waals surface area contributed by atoms with Gasteiger partial charge in [0, 0.05) is 44.0 Å². The van der Waals surface area contributed by atoms with E-state index in [1.165, 1.54) is 40.2 Å². The Bertz CT molecular complexity index is 1680. The van der Waals surface area contributed by atoms with Crippen LogP contribution in [0.1, 0.15) is 41.9 Å². The molecule has 2 aliphatic heterocycles. The summed E-state index contributed by atoms with van der Waals surface area (Å²) in [4.78, 5) is 29.7. The lowest BCUT2D eigenvalue weighted by Crippen LogP contribution is -2.53. The van der Waals surface area contributed by atoms with Crippen molar-refractivity contribution in [3.05, 3.63) is 88.5 Å². The van der Waals surface area contributed by atoms with Gasteiger partial charge < -0.3 is 10.6 Å². The number of aliphatic imine (C=N–C) groups is 1. The zero-order chi connectivity index (χ0) is 29.3. The number of anilines is 1. The van der Waals surface area contributed by atoms with Crippen LogP contribution in [0.2, 0.25) is 0 Å². The normalized spacial score (nSPS) is 23.5. The maximum absolute atomic E-state index is 14.2. The molecule has 0 amide bonds. The van der Waals surface area contributed by atoms with Crippen molar-refractivity contribution >= 4 is 44.2 Å². The predicted molar refractivity (Wildman–Crippen MR) is 161 cm³/mol. The summed E-state index contributed by atoms with van der Waals surface area (Å²) >= 11 is 1.22. The van der Waals surface area contributed by atoms with Gasteiger partial charge in [-0.15, -0.1) is 11.3 Å². The first-order chi connectivity index (χ1) is 20.3. The quantitative estimate of drug-likeness (QED) is 0.397. The highest BCUT2D eigenvalue weighted by molar-refractivity contribution is 7.89. The molecular weight excluding hydrogens is 576 g/mol. The number of Topliss-reactive ketones (excluding diaryl/α,β-unsaturated/α-hetero) is 1. The predicted octanol–water partition coefficient (Wildman–Crippen LogP) is 4.88. The molecule has 2 aromatic heterocycles. The molecule has 42 heavy (non-hydrogen) atoms. The van der Waals surface area contributed by atoms with E-state index in [2.05, 4.69) is 19.9 Å². The standard InChI is InChI=1S/C30H31FN6O3S2/c31-23-4-6-24(7-5-23)35-27-14-22-8-12-37(20-30(22,16-21(27)17-32)28(38)29-34-9-13-41-29)42(39,40)26-15-25(18-33-19-26)36-10-2-1-3-11-36/h4-7,9,13-15,17-19H,1-3,8,10-12,16,20,32H2/b21-17-,35-27?/t30-/m0/s1. The first-order valence-electron chi connectivity index (χ1n) is 13.9. The largest absolute Gasteiger partial charge is 0.404 e. The van der Waals surface area contributed by atoms with Gasteiger partial charge in [-0.05, 0) is 80.3 Å². The average molecular weight is 607 g/mol. The van der Waals surface area contributed by atoms with Gasteiger partial charge in [-0.3, -0.25) is 9.78 Å². The lowest BCUT2D eigenvalue weighted by atomic mass is 9.65. The molecule has 9 nitrogen and oxygen atoms in total. The minimum absolute atomic E-state index is 0.0608. The van der Waals surface area contributed by atoms with Crippen LogP contribution in [0.4, 0.5) is 15.8 Å². The molecule has 0 unspecified atom stereocenters. The van der Waals surface area contributed by atoms with Gasteiger partial charge in [-0.1, -0.05) is 5.57 Å². The Morgan fingerprint density at radius 2 is 1.90 bits per heavy atom. The number of allylic oxidation sites excluding steroid dienone is 2. The Hall–Kier alpha value is -3.74. The molecule has 1 atom stereocenters. The number of pyridine rings is 1. The van der Waals surface area contributed by atoms with Gasteiger partial charge in [0.25, 0.3) is 0 Å². The Kier molecular flexibility index (Phi) is 7.77. The number of piperidine rings is 2. The third-order valence-corrected chi connectivity index (χ3v) is 10.8. The van der Waals surface area contributed by atoms with Crippen molar-refractivity contribution in [2.24, 2.45) is 16.1 Å². The molecule has 0 spiro atoms. The molecule has 3 aromatic rings. The molecule has 6 rings (SSSR count). The maximum Gasteiger partial charge on any atom is 0.244 e. The van der Waals surface area contributed by atoms with Crippen LogP contribution >= 0.6 is 11.3 Å². The maximum atomic E-state index is 14.2. The number of hydrogen-bond acceptors (Lipinski definition) is 9. The number of nitrogens with two attached hydrogens (primary N) is 1. The zero-order valence-electron chi connectivity index (χ0n) is 22.9. The van der Waals surface area contributed by atoms with Gasteiger partial charge >= 0.3 is 0 Å². The molecule has 0 bridgehead atoms. The Labute approximate surface area is 248 Å². The smallest absolute Gasteiger partial charge is 0.244 e. The molecule has 0 saturated carbocycles. The zero-order valence-corrected chi connectivity index (χ0v) is 24.6.